The lowest BCUT2D eigenvalue weighted by atomic mass is 10.00. The molecular formula is C14H16F4N2O. The van der Waals surface area contributed by atoms with E-state index in [9.17, 15) is 22.4 Å². The van der Waals surface area contributed by atoms with Crippen molar-refractivity contribution in [2.45, 2.75) is 38.0 Å². The highest BCUT2D eigenvalue weighted by molar-refractivity contribution is 5.79. The van der Waals surface area contributed by atoms with Crippen LogP contribution in [0.4, 0.5) is 17.6 Å². The lowest BCUT2D eigenvalue weighted by Gasteiger charge is -2.33. The van der Waals surface area contributed by atoms with Crippen molar-refractivity contribution >= 4 is 5.91 Å². The average Bonchev–Trinajstić information content (AvgIpc) is 2.40. The van der Waals surface area contributed by atoms with Crippen molar-refractivity contribution in [2.24, 2.45) is 5.73 Å². The second-order valence-corrected chi connectivity index (χ2v) is 5.20. The van der Waals surface area contributed by atoms with Gasteiger partial charge in [-0.25, -0.2) is 4.39 Å². The third-order valence-corrected chi connectivity index (χ3v) is 3.66. The Morgan fingerprint density at radius 3 is 2.67 bits per heavy atom. The molecule has 1 aliphatic rings. The van der Waals surface area contributed by atoms with Gasteiger partial charge in [-0.15, -0.1) is 0 Å². The Morgan fingerprint density at radius 1 is 1.33 bits per heavy atom. The zero-order valence-electron chi connectivity index (χ0n) is 11.3. The molecule has 2 rings (SSSR count). The summed E-state index contributed by atoms with van der Waals surface area (Å²) >= 11 is 0. The van der Waals surface area contributed by atoms with Crippen LogP contribution in [0.15, 0.2) is 18.2 Å². The molecule has 1 aromatic carbocycles. The third kappa shape index (κ3) is 3.72. The fraction of sp³-hybridized carbons (Fsp3) is 0.500. The molecule has 1 heterocycles. The van der Waals surface area contributed by atoms with Gasteiger partial charge in [-0.05, 0) is 37.1 Å². The van der Waals surface area contributed by atoms with Crippen molar-refractivity contribution in [1.29, 1.82) is 0 Å². The Hall–Kier alpha value is -1.63. The third-order valence-electron chi connectivity index (χ3n) is 3.66. The molecule has 3 nitrogen and oxygen atoms in total. The van der Waals surface area contributed by atoms with E-state index in [0.717, 1.165) is 25.0 Å². The van der Waals surface area contributed by atoms with E-state index in [1.54, 1.807) is 4.90 Å². The Balaban J connectivity index is 2.21. The summed E-state index contributed by atoms with van der Waals surface area (Å²) in [5, 5.41) is 0. The van der Waals surface area contributed by atoms with Gasteiger partial charge in [0.25, 0.3) is 0 Å². The summed E-state index contributed by atoms with van der Waals surface area (Å²) in [6.07, 6.45) is -2.41. The molecule has 0 aliphatic carbocycles. The van der Waals surface area contributed by atoms with E-state index in [1.807, 2.05) is 0 Å². The number of halogens is 4. The van der Waals surface area contributed by atoms with Crippen LogP contribution in [0.25, 0.3) is 0 Å². The SMILES string of the molecule is NC(=O)C1CCCCN1Cc1ccc(F)c(C(F)(F)F)c1. The topological polar surface area (TPSA) is 46.3 Å². The monoisotopic (exact) mass is 304 g/mol. The predicted molar refractivity (Wildman–Crippen MR) is 68.6 cm³/mol. The van der Waals surface area contributed by atoms with Crippen LogP contribution in [-0.4, -0.2) is 23.4 Å². The molecule has 7 heteroatoms. The summed E-state index contributed by atoms with van der Waals surface area (Å²) < 4.78 is 51.3. The molecular weight excluding hydrogens is 288 g/mol. The van der Waals surface area contributed by atoms with Crippen LogP contribution in [0.3, 0.4) is 0 Å². The number of primary amides is 1. The molecule has 21 heavy (non-hydrogen) atoms. The molecule has 1 amide bonds. The minimum atomic E-state index is -4.73. The van der Waals surface area contributed by atoms with Gasteiger partial charge in [-0.3, -0.25) is 9.69 Å². The summed E-state index contributed by atoms with van der Waals surface area (Å²) in [4.78, 5) is 13.1. The van der Waals surface area contributed by atoms with Crippen LogP contribution in [0.1, 0.15) is 30.4 Å². The minimum absolute atomic E-state index is 0.150. The molecule has 1 saturated heterocycles. The van der Waals surface area contributed by atoms with E-state index in [2.05, 4.69) is 0 Å². The molecule has 1 unspecified atom stereocenters. The van der Waals surface area contributed by atoms with E-state index in [4.69, 9.17) is 5.73 Å². The Kier molecular flexibility index (Phi) is 4.51. The summed E-state index contributed by atoms with van der Waals surface area (Å²) in [6.45, 7) is 0.739. The number of likely N-dealkylation sites (tertiary alicyclic amines) is 1. The van der Waals surface area contributed by atoms with Gasteiger partial charge in [0, 0.05) is 6.54 Å². The number of hydrogen-bond acceptors (Lipinski definition) is 2. The van der Waals surface area contributed by atoms with Crippen LogP contribution in [0, 0.1) is 5.82 Å². The average molecular weight is 304 g/mol. The van der Waals surface area contributed by atoms with Gasteiger partial charge in [-0.1, -0.05) is 12.5 Å². The largest absolute Gasteiger partial charge is 0.419 e. The first-order valence-corrected chi connectivity index (χ1v) is 6.68. The van der Waals surface area contributed by atoms with Crippen LogP contribution >= 0.6 is 0 Å². The predicted octanol–water partition coefficient (Wildman–Crippen LogP) is 2.68. The lowest BCUT2D eigenvalue weighted by molar-refractivity contribution is -0.140. The zero-order chi connectivity index (χ0) is 15.6. The highest BCUT2D eigenvalue weighted by Gasteiger charge is 2.34. The molecule has 0 spiro atoms. The first-order chi connectivity index (χ1) is 9.79. The van der Waals surface area contributed by atoms with Gasteiger partial charge in [0.1, 0.15) is 5.82 Å². The summed E-state index contributed by atoms with van der Waals surface area (Å²) in [7, 11) is 0. The number of benzene rings is 1. The van der Waals surface area contributed by atoms with Crippen molar-refractivity contribution in [3.05, 3.63) is 35.1 Å². The Bertz CT molecular complexity index is 530. The molecule has 1 aliphatic heterocycles. The number of piperidine rings is 1. The van der Waals surface area contributed by atoms with Crippen molar-refractivity contribution < 1.29 is 22.4 Å². The molecule has 1 fully saturated rings. The van der Waals surface area contributed by atoms with E-state index in [-0.39, 0.29) is 6.54 Å². The molecule has 116 valence electrons. The number of carbonyl (C=O) groups is 1. The van der Waals surface area contributed by atoms with Crippen molar-refractivity contribution in [1.82, 2.24) is 4.90 Å². The van der Waals surface area contributed by atoms with Crippen molar-refractivity contribution in [3.63, 3.8) is 0 Å². The molecule has 0 bridgehead atoms. The lowest BCUT2D eigenvalue weighted by Crippen LogP contribution is -2.47. The highest BCUT2D eigenvalue weighted by atomic mass is 19.4. The van der Waals surface area contributed by atoms with Gasteiger partial charge >= 0.3 is 6.18 Å². The minimum Gasteiger partial charge on any atom is -0.368 e. The molecule has 2 N–H and O–H groups in total. The first kappa shape index (κ1) is 15.8. The molecule has 1 aromatic rings. The number of hydrogen-bond donors (Lipinski definition) is 1. The summed E-state index contributed by atoms with van der Waals surface area (Å²) in [5.41, 5.74) is 4.35. The smallest absolute Gasteiger partial charge is 0.368 e. The fourth-order valence-electron chi connectivity index (χ4n) is 2.62. The maximum atomic E-state index is 13.2. The van der Waals surface area contributed by atoms with E-state index < -0.39 is 29.5 Å². The van der Waals surface area contributed by atoms with Crippen LogP contribution in [-0.2, 0) is 17.5 Å². The molecule has 0 saturated carbocycles. The van der Waals surface area contributed by atoms with Crippen molar-refractivity contribution in [2.75, 3.05) is 6.54 Å². The van der Waals surface area contributed by atoms with Crippen molar-refractivity contribution in [3.8, 4) is 0 Å². The molecule has 0 aromatic heterocycles. The highest BCUT2D eigenvalue weighted by Crippen LogP contribution is 2.32. The molecule has 1 atom stereocenters. The summed E-state index contributed by atoms with van der Waals surface area (Å²) in [6, 6.07) is 2.43. The Morgan fingerprint density at radius 2 is 2.05 bits per heavy atom. The molecule has 0 radical (unpaired) electrons. The van der Waals surface area contributed by atoms with Gasteiger partial charge in [0.15, 0.2) is 0 Å². The van der Waals surface area contributed by atoms with Gasteiger partial charge in [0.05, 0.1) is 11.6 Å². The normalized spacial score (nSPS) is 20.5. The first-order valence-electron chi connectivity index (χ1n) is 6.68. The second-order valence-electron chi connectivity index (χ2n) is 5.20. The van der Waals surface area contributed by atoms with Crippen LogP contribution in [0.5, 0.6) is 0 Å². The van der Waals surface area contributed by atoms with E-state index in [0.29, 0.717) is 18.5 Å². The van der Waals surface area contributed by atoms with E-state index >= 15 is 0 Å². The number of rotatable bonds is 3. The fourth-order valence-corrected chi connectivity index (χ4v) is 2.62. The number of amides is 1. The van der Waals surface area contributed by atoms with Crippen LogP contribution < -0.4 is 5.73 Å². The summed E-state index contributed by atoms with van der Waals surface area (Å²) in [5.74, 6) is -1.77. The number of nitrogens with two attached hydrogens (primary N) is 1. The number of alkyl halides is 3. The quantitative estimate of drug-likeness (QED) is 0.873. The maximum Gasteiger partial charge on any atom is 0.419 e. The number of carbonyl (C=O) groups excluding carboxylic acids is 1. The van der Waals surface area contributed by atoms with Gasteiger partial charge in [-0.2, -0.15) is 13.2 Å². The zero-order valence-corrected chi connectivity index (χ0v) is 11.3. The van der Waals surface area contributed by atoms with Gasteiger partial charge in [0.2, 0.25) is 5.91 Å². The standard InChI is InChI=1S/C14H16F4N2O/c15-11-5-4-9(7-10(11)14(16,17)18)8-20-6-2-1-3-12(20)13(19)21/h4-5,7,12H,1-3,6,8H2,(H2,19,21). The Labute approximate surface area is 119 Å². The number of nitrogens with zero attached hydrogens (tertiary/aromatic N) is 1. The van der Waals surface area contributed by atoms with Gasteiger partial charge < -0.3 is 5.73 Å². The second kappa shape index (κ2) is 6.01. The maximum absolute atomic E-state index is 13.2. The van der Waals surface area contributed by atoms with Crippen LogP contribution in [0.2, 0.25) is 0 Å². The van der Waals surface area contributed by atoms with E-state index in [1.165, 1.54) is 6.07 Å².